The summed E-state index contributed by atoms with van der Waals surface area (Å²) in [5, 5.41) is 6.01. The van der Waals surface area contributed by atoms with Gasteiger partial charge in [0.05, 0.1) is 37.7 Å². The molecular formula is C26H29N5O6. The molecule has 0 saturated carbocycles. The SMILES string of the molecule is COC(=O)C[C@@H]1Nc2ccc(C(=O)NCc3nc4ccccc4n3CCOC(C)=O)cc2CN(C)C1=O. The van der Waals surface area contributed by atoms with Crippen molar-refractivity contribution in [2.24, 2.45) is 0 Å². The second-order valence-corrected chi connectivity index (χ2v) is 8.73. The van der Waals surface area contributed by atoms with Crippen LogP contribution in [0.4, 0.5) is 5.69 Å². The van der Waals surface area contributed by atoms with E-state index in [1.807, 2.05) is 28.8 Å². The molecule has 0 bridgehead atoms. The number of amides is 2. The predicted molar refractivity (Wildman–Crippen MR) is 134 cm³/mol. The van der Waals surface area contributed by atoms with Gasteiger partial charge in [0.1, 0.15) is 18.5 Å². The quantitative estimate of drug-likeness (QED) is 0.442. The fourth-order valence-corrected chi connectivity index (χ4v) is 4.30. The molecule has 1 aromatic heterocycles. The molecule has 1 atom stereocenters. The summed E-state index contributed by atoms with van der Waals surface area (Å²) in [7, 11) is 2.93. The van der Waals surface area contributed by atoms with Gasteiger partial charge >= 0.3 is 11.9 Å². The third-order valence-corrected chi connectivity index (χ3v) is 6.14. The van der Waals surface area contributed by atoms with Gasteiger partial charge in [-0.3, -0.25) is 19.2 Å². The Bertz CT molecular complexity index is 1350. The molecule has 0 fully saturated rings. The number of benzene rings is 2. The van der Waals surface area contributed by atoms with E-state index in [2.05, 4.69) is 15.6 Å². The van der Waals surface area contributed by atoms with E-state index in [9.17, 15) is 19.2 Å². The second kappa shape index (κ2) is 11.1. The molecule has 1 aliphatic heterocycles. The number of aromatic nitrogens is 2. The molecule has 4 rings (SSSR count). The Hall–Kier alpha value is -4.41. The molecule has 0 saturated heterocycles. The maximum Gasteiger partial charge on any atom is 0.308 e. The maximum atomic E-state index is 13.0. The van der Waals surface area contributed by atoms with Crippen LogP contribution < -0.4 is 10.6 Å². The summed E-state index contributed by atoms with van der Waals surface area (Å²) >= 11 is 0. The van der Waals surface area contributed by atoms with Crippen LogP contribution in [0, 0.1) is 0 Å². The number of methoxy groups -OCH3 is 1. The van der Waals surface area contributed by atoms with Gasteiger partial charge in [0.2, 0.25) is 5.91 Å². The topological polar surface area (TPSA) is 132 Å². The number of rotatable bonds is 8. The van der Waals surface area contributed by atoms with Crippen molar-refractivity contribution in [2.45, 2.75) is 39.0 Å². The third kappa shape index (κ3) is 5.88. The van der Waals surface area contributed by atoms with E-state index < -0.39 is 12.0 Å². The van der Waals surface area contributed by atoms with Crippen LogP contribution in [0.15, 0.2) is 42.5 Å². The zero-order valence-electron chi connectivity index (χ0n) is 20.9. The number of ether oxygens (including phenoxy) is 2. The highest BCUT2D eigenvalue weighted by Crippen LogP contribution is 2.25. The molecular weight excluding hydrogens is 478 g/mol. The standard InChI is InChI=1S/C26H29N5O6/c1-16(32)37-11-10-31-22-7-5-4-6-20(22)29-23(31)14-27-25(34)17-8-9-19-18(12-17)15-30(2)26(35)21(28-19)13-24(33)36-3/h4-9,12,21,28H,10-11,13-15H2,1-3H3,(H,27,34)/t21-/m0/s1. The lowest BCUT2D eigenvalue weighted by atomic mass is 10.1. The first-order valence-electron chi connectivity index (χ1n) is 11.8. The molecule has 0 aliphatic carbocycles. The lowest BCUT2D eigenvalue weighted by molar-refractivity contribution is -0.144. The van der Waals surface area contributed by atoms with Crippen LogP contribution in [0.5, 0.6) is 0 Å². The molecule has 2 N–H and O–H groups in total. The zero-order valence-corrected chi connectivity index (χ0v) is 20.9. The molecule has 0 radical (unpaired) electrons. The number of para-hydroxylation sites is 2. The van der Waals surface area contributed by atoms with Gasteiger partial charge in [0.25, 0.3) is 5.91 Å². The van der Waals surface area contributed by atoms with Crippen molar-refractivity contribution in [3.05, 3.63) is 59.4 Å². The number of esters is 2. The maximum absolute atomic E-state index is 13.0. The molecule has 11 heteroatoms. The molecule has 194 valence electrons. The second-order valence-electron chi connectivity index (χ2n) is 8.73. The first-order chi connectivity index (χ1) is 17.8. The van der Waals surface area contributed by atoms with Crippen LogP contribution in [-0.4, -0.2) is 65.0 Å². The predicted octanol–water partition coefficient (Wildman–Crippen LogP) is 1.84. The van der Waals surface area contributed by atoms with E-state index in [4.69, 9.17) is 9.47 Å². The van der Waals surface area contributed by atoms with E-state index in [1.54, 1.807) is 25.2 Å². The summed E-state index contributed by atoms with van der Waals surface area (Å²) in [5.74, 6) is -0.751. The van der Waals surface area contributed by atoms with Gasteiger partial charge in [0.15, 0.2) is 0 Å². The Labute approximate surface area is 213 Å². The summed E-state index contributed by atoms with van der Waals surface area (Å²) in [6.07, 6.45) is -0.0974. The van der Waals surface area contributed by atoms with Crippen LogP contribution >= 0.6 is 0 Å². The molecule has 1 aliphatic rings. The minimum Gasteiger partial charge on any atom is -0.469 e. The summed E-state index contributed by atoms with van der Waals surface area (Å²) in [6, 6.07) is 12.0. The molecule has 3 aromatic rings. The Balaban J connectivity index is 1.49. The van der Waals surface area contributed by atoms with Gasteiger partial charge in [-0.05, 0) is 35.9 Å². The number of nitrogens with one attached hydrogen (secondary N) is 2. The van der Waals surface area contributed by atoms with Crippen LogP contribution in [0.25, 0.3) is 11.0 Å². The highest BCUT2D eigenvalue weighted by atomic mass is 16.5. The van der Waals surface area contributed by atoms with Crippen LogP contribution in [0.1, 0.15) is 35.1 Å². The molecule has 0 unspecified atom stereocenters. The summed E-state index contributed by atoms with van der Waals surface area (Å²) in [4.78, 5) is 54.8. The summed E-state index contributed by atoms with van der Waals surface area (Å²) < 4.78 is 11.7. The summed E-state index contributed by atoms with van der Waals surface area (Å²) in [5.41, 5.74) is 3.51. The lowest BCUT2D eigenvalue weighted by Crippen LogP contribution is -2.39. The van der Waals surface area contributed by atoms with Gasteiger partial charge in [0, 0.05) is 31.8 Å². The number of carbonyl (C=O) groups excluding carboxylic acids is 4. The first-order valence-corrected chi connectivity index (χ1v) is 11.8. The van der Waals surface area contributed by atoms with Crippen molar-refractivity contribution in [3.63, 3.8) is 0 Å². The Morgan fingerprint density at radius 2 is 1.97 bits per heavy atom. The largest absolute Gasteiger partial charge is 0.469 e. The number of anilines is 1. The first kappa shape index (κ1) is 25.7. The van der Waals surface area contributed by atoms with E-state index in [0.29, 0.717) is 23.6 Å². The van der Waals surface area contributed by atoms with Crippen molar-refractivity contribution < 1.29 is 28.7 Å². The van der Waals surface area contributed by atoms with E-state index in [1.165, 1.54) is 18.9 Å². The number of imidazole rings is 1. The van der Waals surface area contributed by atoms with Crippen molar-refractivity contribution in [3.8, 4) is 0 Å². The number of carbonyl (C=O) groups is 4. The molecule has 2 heterocycles. The van der Waals surface area contributed by atoms with E-state index in [0.717, 1.165) is 16.6 Å². The van der Waals surface area contributed by atoms with E-state index in [-0.39, 0.29) is 43.9 Å². The lowest BCUT2D eigenvalue weighted by Gasteiger charge is -2.19. The Kier molecular flexibility index (Phi) is 7.71. The smallest absolute Gasteiger partial charge is 0.308 e. The normalized spacial score (nSPS) is 14.9. The number of hydrogen-bond acceptors (Lipinski definition) is 8. The van der Waals surface area contributed by atoms with Crippen LogP contribution in [0.2, 0.25) is 0 Å². The fourth-order valence-electron chi connectivity index (χ4n) is 4.30. The van der Waals surface area contributed by atoms with Crippen molar-refractivity contribution in [1.29, 1.82) is 0 Å². The highest BCUT2D eigenvalue weighted by molar-refractivity contribution is 5.96. The van der Waals surface area contributed by atoms with Crippen molar-refractivity contribution >= 4 is 40.5 Å². The zero-order chi connectivity index (χ0) is 26.5. The average molecular weight is 508 g/mol. The fraction of sp³-hybridized carbons (Fsp3) is 0.346. The third-order valence-electron chi connectivity index (χ3n) is 6.14. The molecule has 2 aromatic carbocycles. The summed E-state index contributed by atoms with van der Waals surface area (Å²) in [6.45, 7) is 2.41. The monoisotopic (exact) mass is 507 g/mol. The number of hydrogen-bond donors (Lipinski definition) is 2. The van der Waals surface area contributed by atoms with Crippen LogP contribution in [0.3, 0.4) is 0 Å². The van der Waals surface area contributed by atoms with Gasteiger partial charge in [-0.25, -0.2) is 4.98 Å². The van der Waals surface area contributed by atoms with Gasteiger partial charge in [-0.15, -0.1) is 0 Å². The number of fused-ring (bicyclic) bond motifs is 2. The molecule has 0 spiro atoms. The number of likely N-dealkylation sites (N-methyl/N-ethyl adjacent to an activating group) is 1. The average Bonchev–Trinajstić information content (AvgIpc) is 3.18. The highest BCUT2D eigenvalue weighted by Gasteiger charge is 2.29. The molecule has 11 nitrogen and oxygen atoms in total. The van der Waals surface area contributed by atoms with Gasteiger partial charge < -0.3 is 29.6 Å². The van der Waals surface area contributed by atoms with Crippen LogP contribution in [-0.2, 0) is 43.5 Å². The Morgan fingerprint density at radius 3 is 2.73 bits per heavy atom. The minimum atomic E-state index is -0.752. The van der Waals surface area contributed by atoms with Crippen molar-refractivity contribution in [1.82, 2.24) is 19.8 Å². The van der Waals surface area contributed by atoms with Gasteiger partial charge in [-0.2, -0.15) is 0 Å². The Morgan fingerprint density at radius 1 is 1.19 bits per heavy atom. The van der Waals surface area contributed by atoms with Crippen molar-refractivity contribution in [2.75, 3.05) is 26.1 Å². The van der Waals surface area contributed by atoms with E-state index >= 15 is 0 Å². The van der Waals surface area contributed by atoms with Gasteiger partial charge in [-0.1, -0.05) is 12.1 Å². The molecule has 37 heavy (non-hydrogen) atoms. The minimum absolute atomic E-state index is 0.0974. The molecule has 2 amide bonds. The number of nitrogens with zero attached hydrogens (tertiary/aromatic N) is 3.